The fourth-order valence-electron chi connectivity index (χ4n) is 6.57. The molecule has 2 aliphatic heterocycles. The molecule has 188 valence electrons. The van der Waals surface area contributed by atoms with Crippen LogP contribution in [0.15, 0.2) is 36.4 Å². The smallest absolute Gasteiger partial charge is 0.490 e. The van der Waals surface area contributed by atoms with Crippen LogP contribution in [0.1, 0.15) is 54.8 Å². The lowest BCUT2D eigenvalue weighted by Gasteiger charge is -2.56. The number of fused-ring (bicyclic) bond motifs is 3. The molecule has 0 amide bonds. The van der Waals surface area contributed by atoms with E-state index in [1.807, 2.05) is 6.07 Å². The number of ether oxygens (including phenoxy) is 1. The highest BCUT2D eigenvalue weighted by Crippen LogP contribution is 2.58. The van der Waals surface area contributed by atoms with Gasteiger partial charge in [-0.1, -0.05) is 43.2 Å². The minimum absolute atomic E-state index is 0.0689. The van der Waals surface area contributed by atoms with E-state index in [4.69, 9.17) is 14.6 Å². The number of nitrogens with one attached hydrogen (secondary N) is 2. The van der Waals surface area contributed by atoms with Gasteiger partial charge >= 0.3 is 12.1 Å². The summed E-state index contributed by atoms with van der Waals surface area (Å²) >= 11 is 0. The molecule has 0 radical (unpaired) electrons. The van der Waals surface area contributed by atoms with Gasteiger partial charge in [-0.15, -0.1) is 0 Å². The molecule has 9 heteroatoms. The standard InChI is InChI=1S/C24H28N2O2.C2HF3O2/c27-21-13-18-16(12-19-17-8-4-5-9-24(17,18)10-11-25-19)23-22(21)26-20(14-28-23)15-6-2-1-3-7-15;3-2(4,5)1(6)7/h1-3,6-7,13,17,19-20,25-27H,4-5,8-12,14H2;(H,6,7)/t17-,19+,20?,24+;/m1./s1. The first-order chi connectivity index (χ1) is 16.7. The predicted molar refractivity (Wildman–Crippen MR) is 124 cm³/mol. The summed E-state index contributed by atoms with van der Waals surface area (Å²) in [6.07, 6.45) is 2.32. The number of aromatic hydroxyl groups is 1. The van der Waals surface area contributed by atoms with Gasteiger partial charge in [0.25, 0.3) is 0 Å². The van der Waals surface area contributed by atoms with Crippen LogP contribution in [0.3, 0.4) is 0 Å². The fraction of sp³-hybridized carbons (Fsp3) is 0.500. The Morgan fingerprint density at radius 2 is 1.89 bits per heavy atom. The third kappa shape index (κ3) is 4.20. The van der Waals surface area contributed by atoms with Crippen LogP contribution in [0.5, 0.6) is 11.5 Å². The van der Waals surface area contributed by atoms with Crippen LogP contribution in [-0.4, -0.2) is 41.6 Å². The zero-order valence-electron chi connectivity index (χ0n) is 19.2. The normalized spacial score (nSPS) is 28.6. The Balaban J connectivity index is 0.000000320. The highest BCUT2D eigenvalue weighted by molar-refractivity contribution is 5.74. The van der Waals surface area contributed by atoms with Gasteiger partial charge in [-0.2, -0.15) is 13.2 Å². The molecule has 0 aromatic heterocycles. The van der Waals surface area contributed by atoms with Crippen LogP contribution < -0.4 is 15.4 Å². The number of hydrogen-bond acceptors (Lipinski definition) is 5. The van der Waals surface area contributed by atoms with Gasteiger partial charge in [-0.05, 0) is 55.3 Å². The molecule has 4 atom stereocenters. The quantitative estimate of drug-likeness (QED) is 0.425. The molecule has 2 bridgehead atoms. The molecule has 6 rings (SSSR count). The van der Waals surface area contributed by atoms with E-state index < -0.39 is 12.1 Å². The maximum Gasteiger partial charge on any atom is 0.490 e. The Bertz CT molecular complexity index is 1100. The van der Waals surface area contributed by atoms with E-state index in [0.29, 0.717) is 24.3 Å². The summed E-state index contributed by atoms with van der Waals surface area (Å²) in [4.78, 5) is 8.90. The number of phenolic OH excluding ortho intramolecular Hbond substituents is 1. The number of anilines is 1. The molecule has 1 saturated carbocycles. The summed E-state index contributed by atoms with van der Waals surface area (Å²) in [5, 5.41) is 25.5. The Labute approximate surface area is 201 Å². The molecule has 4 aliphatic rings. The SMILES string of the molecule is O=C(O)C(F)(F)F.Oc1cc2c(c3c1NC(c1ccccc1)CO3)C[C@@H]1NCC[C@]23CCCC[C@H]13. The van der Waals surface area contributed by atoms with E-state index in [2.05, 4.69) is 41.0 Å². The number of carboxylic acids is 1. The van der Waals surface area contributed by atoms with Gasteiger partial charge in [0.1, 0.15) is 23.8 Å². The van der Waals surface area contributed by atoms with Crippen molar-refractivity contribution in [3.05, 3.63) is 53.1 Å². The first-order valence-electron chi connectivity index (χ1n) is 12.1. The van der Waals surface area contributed by atoms with Crippen molar-refractivity contribution in [2.75, 3.05) is 18.5 Å². The number of piperidine rings is 1. The number of benzene rings is 2. The van der Waals surface area contributed by atoms with E-state index in [1.54, 1.807) is 0 Å². The molecule has 2 aromatic rings. The van der Waals surface area contributed by atoms with E-state index >= 15 is 0 Å². The van der Waals surface area contributed by atoms with E-state index in [-0.39, 0.29) is 11.5 Å². The minimum atomic E-state index is -5.08. The second kappa shape index (κ2) is 8.93. The number of carbonyl (C=O) groups is 1. The monoisotopic (exact) mass is 490 g/mol. The summed E-state index contributed by atoms with van der Waals surface area (Å²) in [7, 11) is 0. The first-order valence-corrected chi connectivity index (χ1v) is 12.1. The second-order valence-electron chi connectivity index (χ2n) is 9.87. The van der Waals surface area contributed by atoms with Crippen molar-refractivity contribution in [1.82, 2.24) is 5.32 Å². The number of carboxylic acid groups (broad SMARTS) is 1. The van der Waals surface area contributed by atoms with Gasteiger partial charge in [0.2, 0.25) is 0 Å². The Morgan fingerprint density at radius 1 is 1.14 bits per heavy atom. The molecule has 1 unspecified atom stereocenters. The van der Waals surface area contributed by atoms with E-state index in [9.17, 15) is 18.3 Å². The molecule has 0 spiro atoms. The van der Waals surface area contributed by atoms with Crippen LogP contribution in [-0.2, 0) is 16.6 Å². The molecular weight excluding hydrogens is 461 g/mol. The summed E-state index contributed by atoms with van der Waals surface area (Å²) in [5.74, 6) is -0.801. The van der Waals surface area contributed by atoms with Gasteiger partial charge in [0.05, 0.1) is 6.04 Å². The van der Waals surface area contributed by atoms with Crippen molar-refractivity contribution in [3.8, 4) is 11.5 Å². The topological polar surface area (TPSA) is 90.8 Å². The molecule has 2 heterocycles. The maximum absolute atomic E-state index is 11.0. The zero-order chi connectivity index (χ0) is 24.8. The highest BCUT2D eigenvalue weighted by Gasteiger charge is 2.53. The van der Waals surface area contributed by atoms with Crippen molar-refractivity contribution in [1.29, 1.82) is 0 Å². The van der Waals surface area contributed by atoms with Gasteiger partial charge in [-0.3, -0.25) is 0 Å². The minimum Gasteiger partial charge on any atom is -0.506 e. The summed E-state index contributed by atoms with van der Waals surface area (Å²) < 4.78 is 38.1. The van der Waals surface area contributed by atoms with Crippen molar-refractivity contribution < 1.29 is 32.9 Å². The second-order valence-corrected chi connectivity index (χ2v) is 9.87. The predicted octanol–water partition coefficient (Wildman–Crippen LogP) is 4.92. The molecule has 35 heavy (non-hydrogen) atoms. The number of aliphatic carboxylic acids is 1. The Morgan fingerprint density at radius 3 is 2.60 bits per heavy atom. The number of hydrogen-bond donors (Lipinski definition) is 4. The molecule has 2 fully saturated rings. The number of phenols is 1. The molecular formula is C26H29F3N2O4. The maximum atomic E-state index is 11.0. The van der Waals surface area contributed by atoms with Crippen LogP contribution in [0.2, 0.25) is 0 Å². The van der Waals surface area contributed by atoms with Gasteiger partial charge < -0.3 is 25.6 Å². The van der Waals surface area contributed by atoms with E-state index in [0.717, 1.165) is 24.4 Å². The number of alkyl halides is 3. The average molecular weight is 491 g/mol. The van der Waals surface area contributed by atoms with Crippen LogP contribution in [0, 0.1) is 5.92 Å². The molecule has 4 N–H and O–H groups in total. The third-order valence-electron chi connectivity index (χ3n) is 8.04. The molecule has 6 nitrogen and oxygen atoms in total. The van der Waals surface area contributed by atoms with Crippen LogP contribution in [0.25, 0.3) is 0 Å². The summed E-state index contributed by atoms with van der Waals surface area (Å²) in [6, 6.07) is 13.1. The number of halogens is 3. The number of rotatable bonds is 1. The van der Waals surface area contributed by atoms with Gasteiger partial charge in [0, 0.05) is 17.0 Å². The largest absolute Gasteiger partial charge is 0.506 e. The lowest BCUT2D eigenvalue weighted by Crippen LogP contribution is -2.59. The van der Waals surface area contributed by atoms with Gasteiger partial charge in [0.15, 0.2) is 0 Å². The van der Waals surface area contributed by atoms with Crippen molar-refractivity contribution in [2.45, 2.75) is 62.2 Å². The fourth-order valence-corrected chi connectivity index (χ4v) is 6.57. The molecule has 2 aliphatic carbocycles. The molecule has 1 saturated heterocycles. The van der Waals surface area contributed by atoms with Crippen molar-refractivity contribution in [2.24, 2.45) is 5.92 Å². The Hall–Kier alpha value is -2.94. The summed E-state index contributed by atoms with van der Waals surface area (Å²) in [5.41, 5.74) is 4.92. The average Bonchev–Trinajstić information content (AvgIpc) is 2.85. The van der Waals surface area contributed by atoms with Crippen LogP contribution in [0.4, 0.5) is 18.9 Å². The van der Waals surface area contributed by atoms with Gasteiger partial charge in [-0.25, -0.2) is 4.79 Å². The Kier molecular flexibility index (Phi) is 6.07. The highest BCUT2D eigenvalue weighted by atomic mass is 19.4. The van der Waals surface area contributed by atoms with E-state index in [1.165, 1.54) is 48.8 Å². The third-order valence-corrected chi connectivity index (χ3v) is 8.04. The lowest BCUT2D eigenvalue weighted by molar-refractivity contribution is -0.192. The zero-order valence-corrected chi connectivity index (χ0v) is 19.2. The first kappa shape index (κ1) is 23.8. The van der Waals surface area contributed by atoms with Crippen molar-refractivity contribution >= 4 is 11.7 Å². The molecule has 2 aromatic carbocycles. The van der Waals surface area contributed by atoms with Crippen molar-refractivity contribution in [3.63, 3.8) is 0 Å². The van der Waals surface area contributed by atoms with Crippen LogP contribution >= 0.6 is 0 Å². The summed E-state index contributed by atoms with van der Waals surface area (Å²) in [6.45, 7) is 1.69. The lowest BCUT2D eigenvalue weighted by atomic mass is 9.52.